The fourth-order valence-electron chi connectivity index (χ4n) is 2.29. The van der Waals surface area contributed by atoms with Crippen LogP contribution in [0.3, 0.4) is 0 Å². The maximum atomic E-state index is 8.52. The summed E-state index contributed by atoms with van der Waals surface area (Å²) in [5.41, 5.74) is 3.77. The number of nitriles is 1. The number of aryl methyl sites for hydroxylation is 1. The average Bonchev–Trinajstić information content (AvgIpc) is 2.54. The predicted molar refractivity (Wildman–Crippen MR) is 96.2 cm³/mol. The standard InChI is InChI=1S/C19H21BrN2O/c1-15-11-18(20)8-7-17(15)14-22-13-16-5-4-6-19(12-16)23-10-3-2-9-21/h4-8,11-12,22H,2-3,10,13-14H2,1H3. The summed E-state index contributed by atoms with van der Waals surface area (Å²) in [5, 5.41) is 12.0. The first kappa shape index (κ1) is 17.5. The molecule has 0 aromatic heterocycles. The Morgan fingerprint density at radius 2 is 2.04 bits per heavy atom. The van der Waals surface area contributed by atoms with Crippen molar-refractivity contribution in [1.29, 1.82) is 5.26 Å². The van der Waals surface area contributed by atoms with Crippen LogP contribution in [-0.2, 0) is 13.1 Å². The molecule has 4 heteroatoms. The molecular formula is C19H21BrN2O. The maximum Gasteiger partial charge on any atom is 0.119 e. The third-order valence-electron chi connectivity index (χ3n) is 3.55. The van der Waals surface area contributed by atoms with Crippen LogP contribution < -0.4 is 10.1 Å². The molecule has 0 aliphatic carbocycles. The van der Waals surface area contributed by atoms with E-state index in [1.807, 2.05) is 18.2 Å². The van der Waals surface area contributed by atoms with Gasteiger partial charge in [-0.15, -0.1) is 0 Å². The largest absolute Gasteiger partial charge is 0.494 e. The molecule has 0 unspecified atom stereocenters. The topological polar surface area (TPSA) is 45.0 Å². The van der Waals surface area contributed by atoms with E-state index in [-0.39, 0.29) is 0 Å². The van der Waals surface area contributed by atoms with Crippen LogP contribution in [0.1, 0.15) is 29.5 Å². The second-order valence-electron chi connectivity index (χ2n) is 5.43. The van der Waals surface area contributed by atoms with Gasteiger partial charge in [-0.25, -0.2) is 0 Å². The minimum absolute atomic E-state index is 0.536. The van der Waals surface area contributed by atoms with E-state index >= 15 is 0 Å². The SMILES string of the molecule is Cc1cc(Br)ccc1CNCc1cccc(OCCCC#N)c1. The number of benzene rings is 2. The first-order valence-electron chi connectivity index (χ1n) is 7.73. The Bertz CT molecular complexity index is 679. The fraction of sp³-hybridized carbons (Fsp3) is 0.316. The molecule has 0 saturated carbocycles. The third kappa shape index (κ3) is 6.05. The molecule has 0 amide bonds. The summed E-state index contributed by atoms with van der Waals surface area (Å²) in [6.07, 6.45) is 1.30. The number of rotatable bonds is 8. The number of hydrogen-bond donors (Lipinski definition) is 1. The Morgan fingerprint density at radius 3 is 2.83 bits per heavy atom. The summed E-state index contributed by atoms with van der Waals surface area (Å²) in [6, 6.07) is 16.6. The van der Waals surface area contributed by atoms with Crippen LogP contribution in [0.5, 0.6) is 5.75 Å². The molecule has 1 N–H and O–H groups in total. The number of halogens is 1. The van der Waals surface area contributed by atoms with Gasteiger partial charge in [-0.2, -0.15) is 5.26 Å². The zero-order chi connectivity index (χ0) is 16.5. The highest BCUT2D eigenvalue weighted by molar-refractivity contribution is 9.10. The number of unbranched alkanes of at least 4 members (excludes halogenated alkanes) is 1. The van der Waals surface area contributed by atoms with E-state index in [1.165, 1.54) is 16.7 Å². The molecule has 0 spiro atoms. The van der Waals surface area contributed by atoms with Crippen molar-refractivity contribution in [2.24, 2.45) is 0 Å². The summed E-state index contributed by atoms with van der Waals surface area (Å²) >= 11 is 3.49. The minimum Gasteiger partial charge on any atom is -0.494 e. The highest BCUT2D eigenvalue weighted by atomic mass is 79.9. The lowest BCUT2D eigenvalue weighted by molar-refractivity contribution is 0.312. The Balaban J connectivity index is 1.82. The van der Waals surface area contributed by atoms with E-state index in [1.54, 1.807) is 0 Å². The zero-order valence-corrected chi connectivity index (χ0v) is 14.9. The van der Waals surface area contributed by atoms with Crippen molar-refractivity contribution in [1.82, 2.24) is 5.32 Å². The van der Waals surface area contributed by atoms with E-state index in [0.717, 1.165) is 29.7 Å². The normalized spacial score (nSPS) is 10.3. The molecule has 2 aromatic carbocycles. The van der Waals surface area contributed by atoms with Crippen LogP contribution in [0.15, 0.2) is 46.9 Å². The van der Waals surface area contributed by atoms with Gasteiger partial charge in [0.05, 0.1) is 12.7 Å². The molecule has 2 rings (SSSR count). The Hall–Kier alpha value is -1.83. The van der Waals surface area contributed by atoms with Gasteiger partial charge in [-0.1, -0.05) is 34.1 Å². The van der Waals surface area contributed by atoms with Crippen molar-refractivity contribution < 1.29 is 4.74 Å². The van der Waals surface area contributed by atoms with Gasteiger partial charge in [-0.3, -0.25) is 0 Å². The summed E-state index contributed by atoms with van der Waals surface area (Å²) < 4.78 is 6.77. The monoisotopic (exact) mass is 372 g/mol. The highest BCUT2D eigenvalue weighted by Crippen LogP contribution is 2.17. The van der Waals surface area contributed by atoms with Crippen LogP contribution in [0.25, 0.3) is 0 Å². The van der Waals surface area contributed by atoms with Gasteiger partial charge in [0.2, 0.25) is 0 Å². The van der Waals surface area contributed by atoms with E-state index in [2.05, 4.69) is 58.5 Å². The quantitative estimate of drug-likeness (QED) is 0.681. The maximum absolute atomic E-state index is 8.52. The van der Waals surface area contributed by atoms with Crippen molar-refractivity contribution in [3.05, 3.63) is 63.6 Å². The summed E-state index contributed by atoms with van der Waals surface area (Å²) in [6.45, 7) is 4.34. The van der Waals surface area contributed by atoms with Crippen LogP contribution >= 0.6 is 15.9 Å². The molecule has 0 fully saturated rings. The van der Waals surface area contributed by atoms with Crippen LogP contribution in [-0.4, -0.2) is 6.61 Å². The number of nitrogens with zero attached hydrogens (tertiary/aromatic N) is 1. The van der Waals surface area contributed by atoms with Crippen molar-refractivity contribution in [3.63, 3.8) is 0 Å². The van der Waals surface area contributed by atoms with Gasteiger partial charge in [-0.05, 0) is 54.3 Å². The molecular weight excluding hydrogens is 352 g/mol. The molecule has 2 aromatic rings. The number of hydrogen-bond acceptors (Lipinski definition) is 3. The lowest BCUT2D eigenvalue weighted by Gasteiger charge is -2.10. The molecule has 0 bridgehead atoms. The van der Waals surface area contributed by atoms with Gasteiger partial charge in [0.15, 0.2) is 0 Å². The fourth-order valence-corrected chi connectivity index (χ4v) is 2.76. The van der Waals surface area contributed by atoms with Gasteiger partial charge >= 0.3 is 0 Å². The first-order valence-corrected chi connectivity index (χ1v) is 8.53. The lowest BCUT2D eigenvalue weighted by atomic mass is 10.1. The molecule has 3 nitrogen and oxygen atoms in total. The minimum atomic E-state index is 0.536. The van der Waals surface area contributed by atoms with Gasteiger partial charge in [0.1, 0.15) is 5.75 Å². The van der Waals surface area contributed by atoms with E-state index in [0.29, 0.717) is 13.0 Å². The molecule has 0 saturated heterocycles. The molecule has 0 heterocycles. The van der Waals surface area contributed by atoms with Gasteiger partial charge < -0.3 is 10.1 Å². The second-order valence-corrected chi connectivity index (χ2v) is 6.35. The number of nitrogens with one attached hydrogen (secondary N) is 1. The lowest BCUT2D eigenvalue weighted by Crippen LogP contribution is -2.13. The average molecular weight is 373 g/mol. The highest BCUT2D eigenvalue weighted by Gasteiger charge is 2.01. The molecule has 0 radical (unpaired) electrons. The van der Waals surface area contributed by atoms with Crippen LogP contribution in [0.2, 0.25) is 0 Å². The Kier molecular flexibility index (Phi) is 7.12. The molecule has 0 aliphatic heterocycles. The van der Waals surface area contributed by atoms with E-state index in [4.69, 9.17) is 10.00 Å². The summed E-state index contributed by atoms with van der Waals surface area (Å²) in [4.78, 5) is 0. The number of ether oxygens (including phenoxy) is 1. The van der Waals surface area contributed by atoms with Crippen molar-refractivity contribution >= 4 is 15.9 Å². The first-order chi connectivity index (χ1) is 11.2. The van der Waals surface area contributed by atoms with Crippen LogP contribution in [0, 0.1) is 18.3 Å². The third-order valence-corrected chi connectivity index (χ3v) is 4.04. The van der Waals surface area contributed by atoms with Crippen molar-refractivity contribution in [2.75, 3.05) is 6.61 Å². The van der Waals surface area contributed by atoms with Gasteiger partial charge in [0.25, 0.3) is 0 Å². The predicted octanol–water partition coefficient (Wildman–Crippen LogP) is 4.73. The second kappa shape index (κ2) is 9.34. The molecule has 120 valence electrons. The van der Waals surface area contributed by atoms with Crippen molar-refractivity contribution in [2.45, 2.75) is 32.9 Å². The van der Waals surface area contributed by atoms with E-state index < -0.39 is 0 Å². The molecule has 0 aliphatic rings. The van der Waals surface area contributed by atoms with Crippen molar-refractivity contribution in [3.8, 4) is 11.8 Å². The van der Waals surface area contributed by atoms with Crippen LogP contribution in [0.4, 0.5) is 0 Å². The zero-order valence-electron chi connectivity index (χ0n) is 13.3. The van der Waals surface area contributed by atoms with Gasteiger partial charge in [0, 0.05) is 24.0 Å². The summed E-state index contributed by atoms with van der Waals surface area (Å²) in [7, 11) is 0. The Labute approximate surface area is 146 Å². The molecule has 0 atom stereocenters. The molecule has 23 heavy (non-hydrogen) atoms. The Morgan fingerprint density at radius 1 is 1.17 bits per heavy atom. The van der Waals surface area contributed by atoms with E-state index in [9.17, 15) is 0 Å². The summed E-state index contributed by atoms with van der Waals surface area (Å²) in [5.74, 6) is 0.863. The smallest absolute Gasteiger partial charge is 0.119 e.